The summed E-state index contributed by atoms with van der Waals surface area (Å²) < 4.78 is 11.5. The van der Waals surface area contributed by atoms with Gasteiger partial charge in [0.15, 0.2) is 11.5 Å². The van der Waals surface area contributed by atoms with Gasteiger partial charge in [0.2, 0.25) is 0 Å². The molecule has 2 aromatic carbocycles. The van der Waals surface area contributed by atoms with Crippen LogP contribution in [-0.4, -0.2) is 6.61 Å². The molecule has 0 unspecified atom stereocenters. The van der Waals surface area contributed by atoms with Crippen molar-refractivity contribution in [2.75, 3.05) is 6.61 Å². The number of rotatable bonds is 6. The molecule has 0 heterocycles. The van der Waals surface area contributed by atoms with Crippen molar-refractivity contribution in [3.8, 4) is 23.6 Å². The number of ether oxygens (including phenoxy) is 2. The fraction of sp³-hybridized carbons (Fsp3) is 0.200. The zero-order chi connectivity index (χ0) is 17.4. The molecule has 0 aliphatic rings. The van der Waals surface area contributed by atoms with Gasteiger partial charge in [-0.3, -0.25) is 0 Å². The van der Waals surface area contributed by atoms with Crippen LogP contribution in [0.1, 0.15) is 23.6 Å². The lowest BCUT2D eigenvalue weighted by Gasteiger charge is -2.13. The van der Waals surface area contributed by atoms with Gasteiger partial charge in [-0.25, -0.2) is 0 Å². The Labute approximate surface area is 142 Å². The zero-order valence-electron chi connectivity index (χ0n) is 13.7. The summed E-state index contributed by atoms with van der Waals surface area (Å²) in [6.45, 7) is 4.88. The minimum Gasteiger partial charge on any atom is -0.490 e. The predicted octanol–water partition coefficient (Wildman–Crippen LogP) is 4.40. The van der Waals surface area contributed by atoms with Gasteiger partial charge in [0.05, 0.1) is 6.61 Å². The van der Waals surface area contributed by atoms with Crippen molar-refractivity contribution < 1.29 is 9.47 Å². The van der Waals surface area contributed by atoms with E-state index in [1.54, 1.807) is 18.2 Å². The van der Waals surface area contributed by atoms with E-state index < -0.39 is 0 Å². The molecular formula is C20H18N2O2. The van der Waals surface area contributed by atoms with Crippen LogP contribution in [0.3, 0.4) is 0 Å². The van der Waals surface area contributed by atoms with Crippen LogP contribution in [0, 0.1) is 29.6 Å². The van der Waals surface area contributed by atoms with Crippen LogP contribution in [0.4, 0.5) is 0 Å². The summed E-state index contributed by atoms with van der Waals surface area (Å²) in [6.07, 6.45) is 1.52. The molecule has 24 heavy (non-hydrogen) atoms. The van der Waals surface area contributed by atoms with Crippen LogP contribution in [0.2, 0.25) is 0 Å². The highest BCUT2D eigenvalue weighted by Gasteiger charge is 2.08. The third-order valence-corrected chi connectivity index (χ3v) is 3.46. The number of nitrogens with zero attached hydrogens (tertiary/aromatic N) is 2. The van der Waals surface area contributed by atoms with Gasteiger partial charge in [-0.15, -0.1) is 0 Å². The highest BCUT2D eigenvalue weighted by molar-refractivity contribution is 5.64. The molecule has 2 rings (SSSR count). The molecule has 0 fully saturated rings. The molecule has 0 N–H and O–H groups in total. The number of nitriles is 2. The van der Waals surface area contributed by atoms with Gasteiger partial charge >= 0.3 is 0 Å². The summed E-state index contributed by atoms with van der Waals surface area (Å²) >= 11 is 0. The van der Waals surface area contributed by atoms with Crippen molar-refractivity contribution in [3.63, 3.8) is 0 Å². The van der Waals surface area contributed by atoms with Gasteiger partial charge in [0.25, 0.3) is 0 Å². The van der Waals surface area contributed by atoms with Crippen molar-refractivity contribution in [2.24, 2.45) is 0 Å². The van der Waals surface area contributed by atoms with E-state index in [2.05, 4.69) is 0 Å². The Morgan fingerprint density at radius 3 is 2.46 bits per heavy atom. The van der Waals surface area contributed by atoms with Crippen LogP contribution in [0.25, 0.3) is 6.08 Å². The Balaban J connectivity index is 2.24. The van der Waals surface area contributed by atoms with Gasteiger partial charge in [-0.2, -0.15) is 10.5 Å². The van der Waals surface area contributed by atoms with E-state index in [1.807, 2.05) is 50.3 Å². The van der Waals surface area contributed by atoms with Crippen LogP contribution in [0.5, 0.6) is 11.5 Å². The molecule has 0 saturated carbocycles. The number of allylic oxidation sites excluding steroid dienone is 1. The molecule has 120 valence electrons. The number of benzene rings is 2. The number of hydrogen-bond donors (Lipinski definition) is 0. The molecule has 0 radical (unpaired) electrons. The summed E-state index contributed by atoms with van der Waals surface area (Å²) in [5, 5.41) is 17.7. The van der Waals surface area contributed by atoms with E-state index in [-0.39, 0.29) is 5.57 Å². The van der Waals surface area contributed by atoms with E-state index in [9.17, 15) is 0 Å². The van der Waals surface area contributed by atoms with Gasteiger partial charge < -0.3 is 9.47 Å². The summed E-state index contributed by atoms with van der Waals surface area (Å²) in [5.41, 5.74) is 3.05. The molecule has 0 aliphatic carbocycles. The van der Waals surface area contributed by atoms with Gasteiger partial charge in [0.1, 0.15) is 24.3 Å². The first-order valence-electron chi connectivity index (χ1n) is 7.64. The topological polar surface area (TPSA) is 66.0 Å². The molecule has 4 nitrogen and oxygen atoms in total. The third-order valence-electron chi connectivity index (χ3n) is 3.46. The van der Waals surface area contributed by atoms with Crippen molar-refractivity contribution in [1.29, 1.82) is 10.5 Å². The average molecular weight is 318 g/mol. The quantitative estimate of drug-likeness (QED) is 0.740. The van der Waals surface area contributed by atoms with Crippen LogP contribution < -0.4 is 9.47 Å². The first-order chi connectivity index (χ1) is 11.7. The van der Waals surface area contributed by atoms with Gasteiger partial charge in [0, 0.05) is 0 Å². The molecule has 4 heteroatoms. The Bertz CT molecular complexity index is 810. The third kappa shape index (κ3) is 4.38. The summed E-state index contributed by atoms with van der Waals surface area (Å²) in [7, 11) is 0. The van der Waals surface area contributed by atoms with Crippen LogP contribution >= 0.6 is 0 Å². The monoisotopic (exact) mass is 318 g/mol. The molecule has 0 spiro atoms. The largest absolute Gasteiger partial charge is 0.490 e. The highest BCUT2D eigenvalue weighted by atomic mass is 16.5. The second kappa shape index (κ2) is 8.41. The lowest BCUT2D eigenvalue weighted by atomic mass is 10.1. The molecule has 0 saturated heterocycles. The summed E-state index contributed by atoms with van der Waals surface area (Å²) in [6, 6.07) is 17.1. The smallest absolute Gasteiger partial charge is 0.161 e. The van der Waals surface area contributed by atoms with E-state index in [4.69, 9.17) is 20.0 Å². The molecule has 2 aromatic rings. The number of aryl methyl sites for hydroxylation is 1. The predicted molar refractivity (Wildman–Crippen MR) is 92.3 cm³/mol. The fourth-order valence-electron chi connectivity index (χ4n) is 2.19. The molecule has 0 bridgehead atoms. The molecular weight excluding hydrogens is 300 g/mol. The molecule has 0 aliphatic heterocycles. The standard InChI is InChI=1S/C20H18N2O2/c1-3-23-20-11-16(10-17(12-21)13-22)8-9-19(20)24-14-18-7-5-4-6-15(18)2/h4-11H,3,14H2,1-2H3. The Morgan fingerprint density at radius 2 is 1.79 bits per heavy atom. The van der Waals surface area contributed by atoms with E-state index in [1.165, 1.54) is 11.6 Å². The van der Waals surface area contributed by atoms with Crippen molar-refractivity contribution >= 4 is 6.08 Å². The van der Waals surface area contributed by atoms with E-state index >= 15 is 0 Å². The van der Waals surface area contributed by atoms with Crippen molar-refractivity contribution in [1.82, 2.24) is 0 Å². The molecule has 0 aromatic heterocycles. The van der Waals surface area contributed by atoms with E-state index in [0.29, 0.717) is 24.7 Å². The molecule has 0 amide bonds. The minimum absolute atomic E-state index is 0.0472. The van der Waals surface area contributed by atoms with Gasteiger partial charge in [-0.1, -0.05) is 30.3 Å². The second-order valence-corrected chi connectivity index (χ2v) is 5.14. The second-order valence-electron chi connectivity index (χ2n) is 5.14. The Kier molecular flexibility index (Phi) is 6.00. The summed E-state index contributed by atoms with van der Waals surface area (Å²) in [5.74, 6) is 1.22. The van der Waals surface area contributed by atoms with E-state index in [0.717, 1.165) is 11.1 Å². The Morgan fingerprint density at radius 1 is 1.04 bits per heavy atom. The molecule has 0 atom stereocenters. The number of hydrogen-bond acceptors (Lipinski definition) is 4. The maximum atomic E-state index is 8.85. The minimum atomic E-state index is 0.0472. The zero-order valence-corrected chi connectivity index (χ0v) is 13.7. The van der Waals surface area contributed by atoms with Gasteiger partial charge in [-0.05, 0) is 48.7 Å². The lowest BCUT2D eigenvalue weighted by molar-refractivity contribution is 0.269. The first kappa shape index (κ1) is 17.1. The SMILES string of the molecule is CCOc1cc(C=C(C#N)C#N)ccc1OCc1ccccc1C. The first-order valence-corrected chi connectivity index (χ1v) is 7.64. The summed E-state index contributed by atoms with van der Waals surface area (Å²) in [4.78, 5) is 0. The lowest BCUT2D eigenvalue weighted by Crippen LogP contribution is -2.01. The Hall–Kier alpha value is -3.24. The highest BCUT2D eigenvalue weighted by Crippen LogP contribution is 2.30. The van der Waals surface area contributed by atoms with Crippen LogP contribution in [0.15, 0.2) is 48.0 Å². The van der Waals surface area contributed by atoms with Crippen LogP contribution in [-0.2, 0) is 6.61 Å². The normalized spacial score (nSPS) is 9.50. The van der Waals surface area contributed by atoms with Crippen molar-refractivity contribution in [2.45, 2.75) is 20.5 Å². The fourth-order valence-corrected chi connectivity index (χ4v) is 2.19. The maximum absolute atomic E-state index is 8.85. The average Bonchev–Trinajstić information content (AvgIpc) is 2.60. The van der Waals surface area contributed by atoms with Crippen molar-refractivity contribution in [3.05, 3.63) is 64.7 Å². The maximum Gasteiger partial charge on any atom is 0.161 e.